The first-order chi connectivity index (χ1) is 7.16. The predicted octanol–water partition coefficient (Wildman–Crippen LogP) is 2.01. The Kier molecular flexibility index (Phi) is 4.78. The molecule has 0 radical (unpaired) electrons. The van der Waals surface area contributed by atoms with Crippen LogP contribution in [0.5, 0.6) is 5.88 Å². The van der Waals surface area contributed by atoms with Crippen LogP contribution in [0.3, 0.4) is 0 Å². The van der Waals surface area contributed by atoms with E-state index in [2.05, 4.69) is 9.97 Å². The van der Waals surface area contributed by atoms with Gasteiger partial charge in [-0.25, -0.2) is 9.97 Å². The third-order valence-electron chi connectivity index (χ3n) is 1.92. The van der Waals surface area contributed by atoms with Gasteiger partial charge in [0, 0.05) is 13.0 Å². The fourth-order valence-electron chi connectivity index (χ4n) is 1.19. The highest BCUT2D eigenvalue weighted by Gasteiger charge is 2.14. The molecule has 1 heterocycles. The van der Waals surface area contributed by atoms with E-state index in [-0.39, 0.29) is 12.5 Å². The Balaban J connectivity index is 2.81. The first-order valence-corrected chi connectivity index (χ1v) is 5.28. The van der Waals surface area contributed by atoms with Gasteiger partial charge in [-0.05, 0) is 5.92 Å². The molecule has 5 heteroatoms. The van der Waals surface area contributed by atoms with Gasteiger partial charge < -0.3 is 9.84 Å². The molecule has 15 heavy (non-hydrogen) atoms. The molecule has 0 saturated carbocycles. The van der Waals surface area contributed by atoms with Gasteiger partial charge in [-0.3, -0.25) is 0 Å². The molecule has 1 aromatic rings. The summed E-state index contributed by atoms with van der Waals surface area (Å²) >= 11 is 5.96. The van der Waals surface area contributed by atoms with Crippen LogP contribution in [-0.4, -0.2) is 28.3 Å². The van der Waals surface area contributed by atoms with Gasteiger partial charge in [0.2, 0.25) is 5.88 Å². The summed E-state index contributed by atoms with van der Waals surface area (Å²) in [5.41, 5.74) is 0.817. The van der Waals surface area contributed by atoms with E-state index < -0.39 is 0 Å². The number of rotatable bonds is 5. The van der Waals surface area contributed by atoms with E-state index in [4.69, 9.17) is 21.4 Å². The standard InChI is InChI=1S/C10H15ClN2O2/c1-7(2)8-9(11)12-6-13-10(8)15-5-3-4-14/h6-7,14H,3-5H2,1-2H3. The monoisotopic (exact) mass is 230 g/mol. The molecule has 1 N–H and O–H groups in total. The Morgan fingerprint density at radius 2 is 2.20 bits per heavy atom. The number of hydrogen-bond acceptors (Lipinski definition) is 4. The summed E-state index contributed by atoms with van der Waals surface area (Å²) < 4.78 is 5.42. The lowest BCUT2D eigenvalue weighted by Gasteiger charge is -2.12. The lowest BCUT2D eigenvalue weighted by atomic mass is 10.1. The largest absolute Gasteiger partial charge is 0.477 e. The number of aliphatic hydroxyl groups excluding tert-OH is 1. The zero-order valence-electron chi connectivity index (χ0n) is 8.90. The van der Waals surface area contributed by atoms with Gasteiger partial charge >= 0.3 is 0 Å². The van der Waals surface area contributed by atoms with E-state index in [0.717, 1.165) is 5.56 Å². The smallest absolute Gasteiger partial charge is 0.221 e. The molecule has 0 atom stereocenters. The van der Waals surface area contributed by atoms with Crippen LogP contribution in [-0.2, 0) is 0 Å². The second-order valence-electron chi connectivity index (χ2n) is 3.46. The van der Waals surface area contributed by atoms with Crippen molar-refractivity contribution in [3.05, 3.63) is 17.0 Å². The molecule has 0 saturated heterocycles. The lowest BCUT2D eigenvalue weighted by Crippen LogP contribution is -2.06. The van der Waals surface area contributed by atoms with E-state index in [1.165, 1.54) is 6.33 Å². The molecular weight excluding hydrogens is 216 g/mol. The summed E-state index contributed by atoms with van der Waals surface area (Å²) in [7, 11) is 0. The molecule has 0 aromatic carbocycles. The summed E-state index contributed by atoms with van der Waals surface area (Å²) in [6, 6.07) is 0. The first-order valence-electron chi connectivity index (χ1n) is 4.90. The van der Waals surface area contributed by atoms with Gasteiger partial charge in [-0.15, -0.1) is 0 Å². The highest BCUT2D eigenvalue weighted by Crippen LogP contribution is 2.29. The third kappa shape index (κ3) is 3.32. The van der Waals surface area contributed by atoms with Crippen molar-refractivity contribution < 1.29 is 9.84 Å². The van der Waals surface area contributed by atoms with Crippen molar-refractivity contribution in [1.29, 1.82) is 0 Å². The lowest BCUT2D eigenvalue weighted by molar-refractivity contribution is 0.227. The van der Waals surface area contributed by atoms with E-state index in [0.29, 0.717) is 24.1 Å². The summed E-state index contributed by atoms with van der Waals surface area (Å²) in [6.07, 6.45) is 1.96. The minimum absolute atomic E-state index is 0.107. The van der Waals surface area contributed by atoms with Crippen LogP contribution in [0, 0.1) is 0 Å². The van der Waals surface area contributed by atoms with Crippen LogP contribution >= 0.6 is 11.6 Å². The number of hydrogen-bond donors (Lipinski definition) is 1. The Bertz CT molecular complexity index is 318. The first kappa shape index (κ1) is 12.2. The molecule has 0 aliphatic rings. The van der Waals surface area contributed by atoms with Crippen LogP contribution in [0.4, 0.5) is 0 Å². The van der Waals surface area contributed by atoms with Gasteiger partial charge in [0.25, 0.3) is 0 Å². The molecule has 4 nitrogen and oxygen atoms in total. The Morgan fingerprint density at radius 3 is 2.80 bits per heavy atom. The van der Waals surface area contributed by atoms with Crippen molar-refractivity contribution in [2.24, 2.45) is 0 Å². The van der Waals surface area contributed by atoms with Gasteiger partial charge in [-0.2, -0.15) is 0 Å². The van der Waals surface area contributed by atoms with Crippen LogP contribution in [0.25, 0.3) is 0 Å². The van der Waals surface area contributed by atoms with Gasteiger partial charge in [0.1, 0.15) is 11.5 Å². The van der Waals surface area contributed by atoms with Gasteiger partial charge in [0.05, 0.1) is 12.2 Å². The molecule has 0 aliphatic heterocycles. The molecule has 0 bridgehead atoms. The minimum Gasteiger partial charge on any atom is -0.477 e. The normalized spacial score (nSPS) is 10.7. The Morgan fingerprint density at radius 1 is 1.47 bits per heavy atom. The van der Waals surface area contributed by atoms with Crippen LogP contribution < -0.4 is 4.74 Å². The third-order valence-corrected chi connectivity index (χ3v) is 2.22. The van der Waals surface area contributed by atoms with Crippen LogP contribution in [0.2, 0.25) is 5.15 Å². The Hall–Kier alpha value is -0.870. The number of ether oxygens (including phenoxy) is 1. The summed E-state index contributed by atoms with van der Waals surface area (Å²) in [5, 5.41) is 9.07. The number of aromatic nitrogens is 2. The average molecular weight is 231 g/mol. The fourth-order valence-corrected chi connectivity index (χ4v) is 1.54. The van der Waals surface area contributed by atoms with Crippen LogP contribution in [0.1, 0.15) is 31.7 Å². The van der Waals surface area contributed by atoms with E-state index in [1.807, 2.05) is 13.8 Å². The van der Waals surface area contributed by atoms with E-state index in [1.54, 1.807) is 0 Å². The van der Waals surface area contributed by atoms with Crippen molar-refractivity contribution in [2.75, 3.05) is 13.2 Å². The maximum Gasteiger partial charge on any atom is 0.221 e. The Labute approximate surface area is 94.3 Å². The highest BCUT2D eigenvalue weighted by atomic mass is 35.5. The predicted molar refractivity (Wildman–Crippen MR) is 58.3 cm³/mol. The molecule has 1 rings (SSSR count). The number of halogens is 1. The molecule has 0 spiro atoms. The highest BCUT2D eigenvalue weighted by molar-refractivity contribution is 6.30. The zero-order valence-corrected chi connectivity index (χ0v) is 9.66. The minimum atomic E-state index is 0.107. The van der Waals surface area contributed by atoms with Gasteiger partial charge in [0.15, 0.2) is 0 Å². The van der Waals surface area contributed by atoms with Gasteiger partial charge in [-0.1, -0.05) is 25.4 Å². The number of nitrogens with zero attached hydrogens (tertiary/aromatic N) is 2. The molecule has 0 aliphatic carbocycles. The quantitative estimate of drug-likeness (QED) is 0.621. The van der Waals surface area contributed by atoms with E-state index >= 15 is 0 Å². The van der Waals surface area contributed by atoms with Crippen molar-refractivity contribution in [2.45, 2.75) is 26.2 Å². The number of aliphatic hydroxyl groups is 1. The fraction of sp³-hybridized carbons (Fsp3) is 0.600. The van der Waals surface area contributed by atoms with Crippen molar-refractivity contribution in [3.8, 4) is 5.88 Å². The molecule has 84 valence electrons. The SMILES string of the molecule is CC(C)c1c(Cl)ncnc1OCCCO. The van der Waals surface area contributed by atoms with Crippen LogP contribution in [0.15, 0.2) is 6.33 Å². The van der Waals surface area contributed by atoms with Crippen molar-refractivity contribution in [1.82, 2.24) is 9.97 Å². The molecular formula is C10H15ClN2O2. The summed E-state index contributed by atoms with van der Waals surface area (Å²) in [5.74, 6) is 0.723. The maximum atomic E-state index is 8.64. The van der Waals surface area contributed by atoms with Crippen molar-refractivity contribution in [3.63, 3.8) is 0 Å². The second-order valence-corrected chi connectivity index (χ2v) is 3.82. The second kappa shape index (κ2) is 5.88. The summed E-state index contributed by atoms with van der Waals surface area (Å²) in [6.45, 7) is 4.55. The molecule has 0 fully saturated rings. The average Bonchev–Trinajstić information content (AvgIpc) is 2.17. The molecule has 1 aromatic heterocycles. The zero-order chi connectivity index (χ0) is 11.3. The summed E-state index contributed by atoms with van der Waals surface area (Å²) in [4.78, 5) is 7.95. The topological polar surface area (TPSA) is 55.2 Å². The van der Waals surface area contributed by atoms with Crippen molar-refractivity contribution >= 4 is 11.6 Å². The molecule has 0 unspecified atom stereocenters. The molecule has 0 amide bonds. The van der Waals surface area contributed by atoms with E-state index in [9.17, 15) is 0 Å². The maximum absolute atomic E-state index is 8.64.